The van der Waals surface area contributed by atoms with E-state index in [0.717, 1.165) is 0 Å². The van der Waals surface area contributed by atoms with Crippen molar-refractivity contribution in [3.8, 4) is 0 Å². The Morgan fingerprint density at radius 1 is 0.778 bits per heavy atom. The predicted octanol–water partition coefficient (Wildman–Crippen LogP) is 4.58. The zero-order chi connectivity index (χ0) is 20.1. The molecule has 11 heteroatoms. The van der Waals surface area contributed by atoms with Crippen LogP contribution in [0.1, 0.15) is 13.8 Å². The normalized spacial score (nSPS) is 12.9. The van der Waals surface area contributed by atoms with Gasteiger partial charge in [0.15, 0.2) is 0 Å². The first-order chi connectivity index (χ1) is 11.8. The van der Waals surface area contributed by atoms with Crippen LogP contribution in [0.4, 0.5) is 37.7 Å². The van der Waals surface area contributed by atoms with E-state index < -0.39 is 23.9 Å². The number of alkyl halides is 6. The molecular weight excluding hydrogens is 425 g/mol. The van der Waals surface area contributed by atoms with Crippen LogP contribution < -0.4 is 10.6 Å². The quantitative estimate of drug-likeness (QED) is 0.388. The van der Waals surface area contributed by atoms with Crippen LogP contribution in [0, 0.1) is 0 Å². The molecule has 0 aromatic heterocycles. The van der Waals surface area contributed by atoms with Crippen LogP contribution >= 0.6 is 0 Å². The van der Waals surface area contributed by atoms with E-state index in [4.69, 9.17) is 0 Å². The number of carbonyl (C=O) groups is 2. The molecule has 0 aliphatic carbocycles. The number of hydrogen-bond donors (Lipinski definition) is 2. The Kier molecular flexibility index (Phi) is 8.78. The Hall–Kier alpha value is -2.29. The van der Waals surface area contributed by atoms with Crippen LogP contribution in [0.3, 0.4) is 0 Å². The summed E-state index contributed by atoms with van der Waals surface area (Å²) in [4.78, 5) is 21.9. The molecule has 0 saturated carbocycles. The molecule has 0 amide bonds. The van der Waals surface area contributed by atoms with Gasteiger partial charge in [0.1, 0.15) is 0 Å². The largest absolute Gasteiger partial charge is 0.454 e. The molecule has 0 heterocycles. The Morgan fingerprint density at radius 3 is 1.33 bits per heavy atom. The van der Waals surface area contributed by atoms with Gasteiger partial charge in [-0.15, -0.1) is 0 Å². The molecule has 0 fully saturated rings. The second-order valence-electron chi connectivity index (χ2n) is 5.17. The van der Waals surface area contributed by atoms with Crippen molar-refractivity contribution < 1.29 is 52.4 Å². The van der Waals surface area contributed by atoms with E-state index in [1.807, 2.05) is 0 Å². The predicted molar refractivity (Wildman–Crippen MR) is 83.3 cm³/mol. The average molecular weight is 439 g/mol. The first-order valence-corrected chi connectivity index (χ1v) is 7.02. The zero-order valence-corrected chi connectivity index (χ0v) is 14.9. The molecule has 152 valence electrons. The minimum absolute atomic E-state index is 0. The SMILES string of the molecule is C/C(=C/C(=O)C(F)(F)F)Nc1ccccc1N/C(C)=C\C(=O)C(F)(F)F.[Ni]. The van der Waals surface area contributed by atoms with Gasteiger partial charge in [-0.25, -0.2) is 0 Å². The third-order valence-corrected chi connectivity index (χ3v) is 2.84. The summed E-state index contributed by atoms with van der Waals surface area (Å²) < 4.78 is 73.5. The summed E-state index contributed by atoms with van der Waals surface area (Å²) in [6.07, 6.45) is -9.32. The van der Waals surface area contributed by atoms with Crippen LogP contribution in [0.25, 0.3) is 0 Å². The van der Waals surface area contributed by atoms with E-state index >= 15 is 0 Å². The summed E-state index contributed by atoms with van der Waals surface area (Å²) in [5, 5.41) is 5.09. The van der Waals surface area contributed by atoms with Gasteiger partial charge in [-0.1, -0.05) is 12.1 Å². The van der Waals surface area contributed by atoms with E-state index in [2.05, 4.69) is 10.6 Å². The molecule has 0 unspecified atom stereocenters. The Morgan fingerprint density at radius 2 is 1.07 bits per heavy atom. The van der Waals surface area contributed by atoms with E-state index in [0.29, 0.717) is 12.2 Å². The van der Waals surface area contributed by atoms with Gasteiger partial charge in [0.05, 0.1) is 11.4 Å². The first kappa shape index (κ1) is 24.7. The first-order valence-electron chi connectivity index (χ1n) is 7.02. The van der Waals surface area contributed by atoms with Crippen molar-refractivity contribution in [3.05, 3.63) is 47.8 Å². The summed E-state index contributed by atoms with van der Waals surface area (Å²) in [5.41, 5.74) is 0.135. The van der Waals surface area contributed by atoms with Gasteiger partial charge in [0, 0.05) is 40.0 Å². The maximum atomic E-state index is 12.3. The van der Waals surface area contributed by atoms with Crippen molar-refractivity contribution >= 4 is 22.9 Å². The maximum absolute atomic E-state index is 12.3. The molecule has 2 N–H and O–H groups in total. The number of carbonyl (C=O) groups excluding carboxylic acids is 2. The molecule has 0 saturated heterocycles. The molecule has 1 rings (SSSR count). The van der Waals surface area contributed by atoms with Crippen molar-refractivity contribution in [1.29, 1.82) is 0 Å². The van der Waals surface area contributed by atoms with E-state index in [-0.39, 0.29) is 39.3 Å². The molecule has 0 spiro atoms. The van der Waals surface area contributed by atoms with Crippen molar-refractivity contribution in [2.45, 2.75) is 26.2 Å². The fourth-order valence-electron chi connectivity index (χ4n) is 1.76. The third-order valence-electron chi connectivity index (χ3n) is 2.84. The number of nitrogens with one attached hydrogen (secondary N) is 2. The fraction of sp³-hybridized carbons (Fsp3) is 0.250. The average Bonchev–Trinajstić information content (AvgIpc) is 2.47. The molecule has 0 aliphatic rings. The van der Waals surface area contributed by atoms with Gasteiger partial charge < -0.3 is 10.6 Å². The van der Waals surface area contributed by atoms with Crippen LogP contribution in [0.2, 0.25) is 0 Å². The Labute approximate surface area is 160 Å². The number of allylic oxidation sites excluding steroid dienone is 4. The van der Waals surface area contributed by atoms with Gasteiger partial charge in [-0.3, -0.25) is 9.59 Å². The maximum Gasteiger partial charge on any atom is 0.454 e. The monoisotopic (exact) mass is 438 g/mol. The summed E-state index contributed by atoms with van der Waals surface area (Å²) >= 11 is 0. The smallest absolute Gasteiger partial charge is 0.357 e. The minimum atomic E-state index is -5.02. The van der Waals surface area contributed by atoms with E-state index in [1.165, 1.54) is 38.1 Å². The molecule has 0 radical (unpaired) electrons. The summed E-state index contributed by atoms with van der Waals surface area (Å²) in [6, 6.07) is 5.89. The number of ketones is 2. The molecule has 27 heavy (non-hydrogen) atoms. The Balaban J connectivity index is 0.00000676. The molecule has 0 atom stereocenters. The van der Waals surface area contributed by atoms with Gasteiger partial charge >= 0.3 is 12.4 Å². The van der Waals surface area contributed by atoms with Gasteiger partial charge in [-0.2, -0.15) is 26.3 Å². The van der Waals surface area contributed by atoms with Crippen molar-refractivity contribution in [1.82, 2.24) is 0 Å². The molecule has 0 bridgehead atoms. The van der Waals surface area contributed by atoms with Crippen molar-refractivity contribution in [2.75, 3.05) is 10.6 Å². The molecule has 1 aromatic carbocycles. The number of hydrogen-bond acceptors (Lipinski definition) is 4. The van der Waals surface area contributed by atoms with Crippen LogP contribution in [0.15, 0.2) is 47.8 Å². The van der Waals surface area contributed by atoms with Crippen LogP contribution in [0.5, 0.6) is 0 Å². The number of rotatable bonds is 6. The molecule has 0 aliphatic heterocycles. The fourth-order valence-corrected chi connectivity index (χ4v) is 1.76. The van der Waals surface area contributed by atoms with E-state index in [1.54, 1.807) is 0 Å². The van der Waals surface area contributed by atoms with Crippen molar-refractivity contribution in [3.63, 3.8) is 0 Å². The topological polar surface area (TPSA) is 58.2 Å². The van der Waals surface area contributed by atoms with Crippen LogP contribution in [-0.2, 0) is 26.1 Å². The minimum Gasteiger partial charge on any atom is -0.357 e. The third kappa shape index (κ3) is 8.29. The summed E-state index contributed by atoms with van der Waals surface area (Å²) in [6.45, 7) is 2.44. The van der Waals surface area contributed by atoms with Gasteiger partial charge in [0.25, 0.3) is 11.6 Å². The number of anilines is 2. The summed E-state index contributed by atoms with van der Waals surface area (Å²) in [5.74, 6) is -4.11. The standard InChI is InChI=1S/C16H14F6N2O2.Ni/c1-9(7-13(25)15(17,18)19)23-11-5-3-4-6-12(11)24-10(2)8-14(26)16(20,21)22;/h3-8,23-24H,1-2H3;/b9-7-,10-8-;. The van der Waals surface area contributed by atoms with Gasteiger partial charge in [0.2, 0.25) is 0 Å². The van der Waals surface area contributed by atoms with Crippen molar-refractivity contribution in [2.24, 2.45) is 0 Å². The van der Waals surface area contributed by atoms with Crippen LogP contribution in [-0.4, -0.2) is 23.9 Å². The zero-order valence-electron chi connectivity index (χ0n) is 13.9. The molecule has 1 aromatic rings. The molecule has 4 nitrogen and oxygen atoms in total. The second kappa shape index (κ2) is 9.59. The number of para-hydroxylation sites is 2. The van der Waals surface area contributed by atoms with Gasteiger partial charge in [-0.05, 0) is 26.0 Å². The summed E-state index contributed by atoms with van der Waals surface area (Å²) in [7, 11) is 0. The Bertz CT molecular complexity index is 691. The second-order valence-corrected chi connectivity index (χ2v) is 5.17. The number of halogens is 6. The number of benzene rings is 1. The van der Waals surface area contributed by atoms with E-state index in [9.17, 15) is 35.9 Å². The molecular formula is C16H14F6N2NiO2.